The van der Waals surface area contributed by atoms with Gasteiger partial charge < -0.3 is 20.3 Å². The molecule has 1 saturated heterocycles. The van der Waals surface area contributed by atoms with Crippen LogP contribution in [0.1, 0.15) is 45.2 Å². The van der Waals surface area contributed by atoms with E-state index in [1.807, 2.05) is 73.3 Å². The first-order valence-electron chi connectivity index (χ1n) is 11.0. The average Bonchev–Trinajstić information content (AvgIpc) is 3.27. The zero-order valence-corrected chi connectivity index (χ0v) is 18.8. The van der Waals surface area contributed by atoms with Crippen LogP contribution in [0.5, 0.6) is 11.5 Å². The number of ether oxygens (including phenoxy) is 1. The van der Waals surface area contributed by atoms with Gasteiger partial charge in [0.1, 0.15) is 17.5 Å². The van der Waals surface area contributed by atoms with E-state index in [1.165, 1.54) is 0 Å². The number of likely N-dealkylation sites (N-methyl/N-ethyl adjacent to an activating group) is 1. The van der Waals surface area contributed by atoms with E-state index in [-0.39, 0.29) is 29.8 Å². The lowest BCUT2D eigenvalue weighted by Gasteiger charge is -2.32. The van der Waals surface area contributed by atoms with Gasteiger partial charge in [-0.1, -0.05) is 44.2 Å². The number of carbonyl (C=O) groups excluding carboxylic acids is 2. The van der Waals surface area contributed by atoms with E-state index in [0.29, 0.717) is 6.54 Å². The Morgan fingerprint density at radius 1 is 1.03 bits per heavy atom. The summed E-state index contributed by atoms with van der Waals surface area (Å²) >= 11 is 0. The van der Waals surface area contributed by atoms with Crippen molar-refractivity contribution in [2.45, 2.75) is 51.7 Å². The van der Waals surface area contributed by atoms with Gasteiger partial charge in [-0.25, -0.2) is 0 Å². The number of amides is 2. The van der Waals surface area contributed by atoms with Gasteiger partial charge >= 0.3 is 0 Å². The number of hydrogen-bond acceptors (Lipinski definition) is 4. The normalized spacial score (nSPS) is 18.0. The fraction of sp³-hybridized carbons (Fsp3) is 0.440. The predicted octanol–water partition coefficient (Wildman–Crippen LogP) is 3.89. The second-order valence-electron chi connectivity index (χ2n) is 8.42. The second kappa shape index (κ2) is 10.4. The van der Waals surface area contributed by atoms with Crippen molar-refractivity contribution in [1.29, 1.82) is 0 Å². The number of nitrogens with one attached hydrogen (secondary N) is 2. The van der Waals surface area contributed by atoms with E-state index in [0.717, 1.165) is 29.9 Å². The molecule has 2 aromatic carbocycles. The molecule has 3 atom stereocenters. The summed E-state index contributed by atoms with van der Waals surface area (Å²) in [7, 11) is 1.73. The molecule has 3 rings (SSSR count). The summed E-state index contributed by atoms with van der Waals surface area (Å²) in [5.41, 5.74) is 1.05. The Morgan fingerprint density at radius 2 is 1.74 bits per heavy atom. The highest BCUT2D eigenvalue weighted by Gasteiger charge is 2.36. The molecule has 2 N–H and O–H groups in total. The largest absolute Gasteiger partial charge is 0.457 e. The van der Waals surface area contributed by atoms with Crippen LogP contribution in [0.25, 0.3) is 0 Å². The summed E-state index contributed by atoms with van der Waals surface area (Å²) in [5, 5.41) is 5.87. The Kier molecular flexibility index (Phi) is 7.69. The van der Waals surface area contributed by atoms with Gasteiger partial charge in [0, 0.05) is 6.54 Å². The molecule has 1 fully saturated rings. The van der Waals surface area contributed by atoms with Crippen LogP contribution < -0.4 is 15.4 Å². The number of carbonyl (C=O) groups is 2. The van der Waals surface area contributed by atoms with Crippen molar-refractivity contribution in [2.75, 3.05) is 13.6 Å². The van der Waals surface area contributed by atoms with E-state index in [1.54, 1.807) is 14.0 Å². The highest BCUT2D eigenvalue weighted by molar-refractivity contribution is 5.90. The fourth-order valence-corrected chi connectivity index (χ4v) is 3.89. The summed E-state index contributed by atoms with van der Waals surface area (Å²) in [6, 6.07) is 16.7. The summed E-state index contributed by atoms with van der Waals surface area (Å²) in [6.07, 6.45) is 1.83. The van der Waals surface area contributed by atoms with E-state index >= 15 is 0 Å². The number of nitrogens with zero attached hydrogens (tertiary/aromatic N) is 1. The number of hydrogen-bond donors (Lipinski definition) is 2. The molecular weight excluding hydrogens is 390 g/mol. The standard InChI is InChI=1S/C25H33N3O3/c1-17(2)23(27-24(29)18(3)26-4)25(30)28-15-9-14-22(28)19-10-8-13-21(16-19)31-20-11-6-5-7-12-20/h5-8,10-13,16-18,22-23,26H,9,14-15H2,1-4H3,(H,27,29)/t18-,22-,23-/m0/s1. The first-order valence-corrected chi connectivity index (χ1v) is 11.0. The van der Waals surface area contributed by atoms with Crippen LogP contribution in [0.2, 0.25) is 0 Å². The average molecular weight is 424 g/mol. The smallest absolute Gasteiger partial charge is 0.245 e. The van der Waals surface area contributed by atoms with Crippen molar-refractivity contribution in [3.8, 4) is 11.5 Å². The molecule has 166 valence electrons. The SMILES string of the molecule is CN[C@@H](C)C(=O)N[C@H](C(=O)N1CCC[C@H]1c1cccc(Oc2ccccc2)c1)C(C)C. The minimum atomic E-state index is -0.548. The van der Waals surface area contributed by atoms with E-state index < -0.39 is 6.04 Å². The van der Waals surface area contributed by atoms with Gasteiger partial charge in [-0.05, 0) is 62.6 Å². The van der Waals surface area contributed by atoms with Crippen molar-refractivity contribution in [3.05, 3.63) is 60.2 Å². The lowest BCUT2D eigenvalue weighted by Crippen LogP contribution is -2.54. The second-order valence-corrected chi connectivity index (χ2v) is 8.42. The molecule has 2 aromatic rings. The van der Waals surface area contributed by atoms with Crippen LogP contribution in [0, 0.1) is 5.92 Å². The molecular formula is C25H33N3O3. The molecule has 1 heterocycles. The van der Waals surface area contributed by atoms with Crippen LogP contribution in [-0.4, -0.2) is 42.4 Å². The number of benzene rings is 2. The molecule has 0 radical (unpaired) electrons. The molecule has 0 unspecified atom stereocenters. The Balaban J connectivity index is 1.77. The van der Waals surface area contributed by atoms with Gasteiger partial charge in [0.15, 0.2) is 0 Å². The van der Waals surface area contributed by atoms with Crippen molar-refractivity contribution in [2.24, 2.45) is 5.92 Å². The highest BCUT2D eigenvalue weighted by atomic mass is 16.5. The quantitative estimate of drug-likeness (QED) is 0.676. The summed E-state index contributed by atoms with van der Waals surface area (Å²) < 4.78 is 5.98. The molecule has 6 nitrogen and oxygen atoms in total. The molecule has 0 bridgehead atoms. The van der Waals surface area contributed by atoms with Crippen molar-refractivity contribution >= 4 is 11.8 Å². The van der Waals surface area contributed by atoms with Gasteiger partial charge in [-0.2, -0.15) is 0 Å². The lowest BCUT2D eigenvalue weighted by molar-refractivity contribution is -0.138. The van der Waals surface area contributed by atoms with E-state index in [9.17, 15) is 9.59 Å². The molecule has 0 aliphatic carbocycles. The third kappa shape index (κ3) is 5.64. The van der Waals surface area contributed by atoms with Gasteiger partial charge in [0.25, 0.3) is 0 Å². The summed E-state index contributed by atoms with van der Waals surface area (Å²) in [4.78, 5) is 27.8. The Hall–Kier alpha value is -2.86. The van der Waals surface area contributed by atoms with Crippen LogP contribution in [0.4, 0.5) is 0 Å². The molecule has 0 saturated carbocycles. The van der Waals surface area contributed by atoms with Gasteiger partial charge in [-0.3, -0.25) is 9.59 Å². The molecule has 0 aromatic heterocycles. The van der Waals surface area contributed by atoms with Crippen molar-refractivity contribution in [3.63, 3.8) is 0 Å². The van der Waals surface area contributed by atoms with Crippen LogP contribution >= 0.6 is 0 Å². The maximum atomic E-state index is 13.5. The minimum absolute atomic E-state index is 0.00509. The van der Waals surface area contributed by atoms with Gasteiger partial charge in [0.2, 0.25) is 11.8 Å². The third-order valence-corrected chi connectivity index (χ3v) is 5.81. The number of likely N-dealkylation sites (tertiary alicyclic amines) is 1. The fourth-order valence-electron chi connectivity index (χ4n) is 3.89. The van der Waals surface area contributed by atoms with Crippen molar-refractivity contribution in [1.82, 2.24) is 15.5 Å². The summed E-state index contributed by atoms with van der Waals surface area (Å²) in [5.74, 6) is 1.33. The zero-order chi connectivity index (χ0) is 22.4. The van der Waals surface area contributed by atoms with Crippen LogP contribution in [0.3, 0.4) is 0 Å². The van der Waals surface area contributed by atoms with E-state index in [2.05, 4.69) is 10.6 Å². The predicted molar refractivity (Wildman–Crippen MR) is 122 cm³/mol. The van der Waals surface area contributed by atoms with Gasteiger partial charge in [0.05, 0.1) is 12.1 Å². The number of para-hydroxylation sites is 1. The zero-order valence-electron chi connectivity index (χ0n) is 18.8. The van der Waals surface area contributed by atoms with Crippen molar-refractivity contribution < 1.29 is 14.3 Å². The molecule has 6 heteroatoms. The Bertz CT molecular complexity index is 885. The van der Waals surface area contributed by atoms with Crippen LogP contribution in [-0.2, 0) is 9.59 Å². The Labute approximate surface area is 185 Å². The minimum Gasteiger partial charge on any atom is -0.457 e. The maximum Gasteiger partial charge on any atom is 0.245 e. The Morgan fingerprint density at radius 3 is 2.42 bits per heavy atom. The summed E-state index contributed by atoms with van der Waals surface area (Å²) in [6.45, 7) is 6.40. The maximum absolute atomic E-state index is 13.5. The molecule has 1 aliphatic rings. The first-order chi connectivity index (χ1) is 14.9. The number of rotatable bonds is 8. The van der Waals surface area contributed by atoms with Gasteiger partial charge in [-0.15, -0.1) is 0 Å². The topological polar surface area (TPSA) is 70.7 Å². The van der Waals surface area contributed by atoms with Crippen LogP contribution in [0.15, 0.2) is 54.6 Å². The third-order valence-electron chi connectivity index (χ3n) is 5.81. The first kappa shape index (κ1) is 22.8. The highest BCUT2D eigenvalue weighted by Crippen LogP contribution is 2.35. The monoisotopic (exact) mass is 423 g/mol. The molecule has 31 heavy (non-hydrogen) atoms. The molecule has 1 aliphatic heterocycles. The lowest BCUT2D eigenvalue weighted by atomic mass is 9.99. The molecule has 0 spiro atoms. The molecule has 2 amide bonds. The van der Waals surface area contributed by atoms with E-state index in [4.69, 9.17) is 4.74 Å².